The molecule has 228 valence electrons. The number of halogens is 1. The van der Waals surface area contributed by atoms with E-state index in [0.717, 1.165) is 17.9 Å². The first-order valence-electron chi connectivity index (χ1n) is 13.6. The Hall–Kier alpha value is -2.67. The van der Waals surface area contributed by atoms with Crippen molar-refractivity contribution in [2.75, 3.05) is 50.4 Å². The zero-order chi connectivity index (χ0) is 30.8. The Kier molecular flexibility index (Phi) is 12.6. The molecule has 1 saturated heterocycles. The second-order valence-corrected chi connectivity index (χ2v) is 13.4. The van der Waals surface area contributed by atoms with Crippen molar-refractivity contribution in [3.8, 4) is 0 Å². The van der Waals surface area contributed by atoms with E-state index in [1.807, 2.05) is 0 Å². The summed E-state index contributed by atoms with van der Waals surface area (Å²) in [5, 5.41) is 3.48. The van der Waals surface area contributed by atoms with E-state index in [2.05, 4.69) is 68.4 Å². The Morgan fingerprint density at radius 2 is 1.88 bits per heavy atom. The van der Waals surface area contributed by atoms with Gasteiger partial charge in [0.25, 0.3) is 0 Å². The maximum absolute atomic E-state index is 14.3. The molecule has 3 rings (SSSR count). The number of hydrogen-bond acceptors (Lipinski definition) is 8. The lowest BCUT2D eigenvalue weighted by Gasteiger charge is -2.45. The molecule has 1 aromatic carbocycles. The van der Waals surface area contributed by atoms with Crippen molar-refractivity contribution in [1.29, 1.82) is 0 Å². The molecule has 2 atom stereocenters. The Morgan fingerprint density at radius 1 is 1.24 bits per heavy atom. The Labute approximate surface area is 248 Å². The van der Waals surface area contributed by atoms with Gasteiger partial charge >= 0.3 is 11.6 Å². The van der Waals surface area contributed by atoms with Crippen molar-refractivity contribution in [1.82, 2.24) is 9.62 Å². The molecular formula is C29H44FN5O4S2. The van der Waals surface area contributed by atoms with Crippen molar-refractivity contribution in [2.24, 2.45) is 16.1 Å². The fourth-order valence-electron chi connectivity index (χ4n) is 5.57. The maximum Gasteiger partial charge on any atom is 0.335 e. The normalized spacial score (nSPS) is 22.3. The van der Waals surface area contributed by atoms with Crippen molar-refractivity contribution >= 4 is 33.1 Å². The molecule has 0 aromatic heterocycles. The van der Waals surface area contributed by atoms with E-state index in [9.17, 15) is 12.8 Å². The van der Waals surface area contributed by atoms with Gasteiger partial charge in [0, 0.05) is 50.4 Å². The predicted molar refractivity (Wildman–Crippen MR) is 166 cm³/mol. The average molecular weight is 610 g/mol. The van der Waals surface area contributed by atoms with Crippen LogP contribution in [0.1, 0.15) is 45.6 Å². The topological polar surface area (TPSA) is 125 Å². The summed E-state index contributed by atoms with van der Waals surface area (Å²) in [7, 11) is -3.17. The quantitative estimate of drug-likeness (QED) is 0.411. The summed E-state index contributed by atoms with van der Waals surface area (Å²) in [6.45, 7) is 17.4. The number of nitrogens with zero attached hydrogens (tertiary/aromatic N) is 3. The molecule has 0 bridgehead atoms. The molecule has 0 amide bonds. The van der Waals surface area contributed by atoms with Gasteiger partial charge in [-0.2, -0.15) is 12.7 Å². The highest BCUT2D eigenvalue weighted by Gasteiger charge is 2.44. The van der Waals surface area contributed by atoms with Gasteiger partial charge in [-0.1, -0.05) is 58.2 Å². The van der Waals surface area contributed by atoms with Crippen molar-refractivity contribution < 1.29 is 21.2 Å². The molecule has 2 aliphatic heterocycles. The molecule has 3 N–H and O–H groups in total. The first-order chi connectivity index (χ1) is 19.2. The summed E-state index contributed by atoms with van der Waals surface area (Å²) < 4.78 is 56.2. The maximum atomic E-state index is 14.3. The first kappa shape index (κ1) is 34.5. The number of hydrogen-bond donors (Lipinski definition) is 2. The summed E-state index contributed by atoms with van der Waals surface area (Å²) in [6, 6.07) is 8.31. The highest BCUT2D eigenvalue weighted by atomic mass is 32.2. The number of allylic oxidation sites excluding steroid dienone is 2. The van der Waals surface area contributed by atoms with Crippen LogP contribution in [-0.2, 0) is 27.0 Å². The van der Waals surface area contributed by atoms with Crippen molar-refractivity contribution in [3.63, 3.8) is 0 Å². The minimum atomic E-state index is -3.17. The van der Waals surface area contributed by atoms with E-state index >= 15 is 0 Å². The molecule has 9 nitrogen and oxygen atoms in total. The number of nitrogens with two attached hydrogens (primary N) is 1. The molecule has 1 fully saturated rings. The summed E-state index contributed by atoms with van der Waals surface area (Å²) in [6.07, 6.45) is 6.59. The number of amidine groups is 1. The molecule has 0 aliphatic carbocycles. The van der Waals surface area contributed by atoms with Crippen LogP contribution >= 0.6 is 0 Å². The standard InChI is InChI=1S/C29H44FN5O2S.O2S/c1-7-9-25(22(2)30)26(12-14-31)33-27-21-28(3,4)29(5,13-15-32-27)23-10-8-11-24(20-23)34-16-18-35(19-17-34)38(6,36)37;1-3-2/h7-11,20,26H,1-2,12-19,21,31H2,3-6H3,(H,32,33);/b25-9+;/t26-,29?;/m0./s1. The van der Waals surface area contributed by atoms with Gasteiger partial charge in [-0.15, -0.1) is 0 Å². The highest BCUT2D eigenvalue weighted by Crippen LogP contribution is 2.48. The van der Waals surface area contributed by atoms with Crippen LogP contribution in [-0.4, -0.2) is 78.5 Å². The molecule has 2 aliphatic rings. The molecule has 0 spiro atoms. The highest BCUT2D eigenvalue weighted by molar-refractivity contribution is 7.88. The van der Waals surface area contributed by atoms with Gasteiger partial charge in [-0.25, -0.2) is 12.8 Å². The van der Waals surface area contributed by atoms with E-state index in [1.165, 1.54) is 11.8 Å². The third-order valence-corrected chi connectivity index (χ3v) is 9.66. The van der Waals surface area contributed by atoms with E-state index in [0.29, 0.717) is 57.7 Å². The van der Waals surface area contributed by atoms with Crippen LogP contribution in [0.4, 0.5) is 10.1 Å². The van der Waals surface area contributed by atoms with Crippen LogP contribution in [0.3, 0.4) is 0 Å². The third-order valence-electron chi connectivity index (χ3n) is 8.36. The van der Waals surface area contributed by atoms with Crippen LogP contribution in [0.2, 0.25) is 0 Å². The fraction of sp³-hybridized carbons (Fsp3) is 0.552. The lowest BCUT2D eigenvalue weighted by molar-refractivity contribution is 0.180. The van der Waals surface area contributed by atoms with Gasteiger partial charge in [0.1, 0.15) is 5.83 Å². The number of benzene rings is 1. The molecule has 0 radical (unpaired) electrons. The smallest absolute Gasteiger partial charge is 0.335 e. The largest absolute Gasteiger partial charge is 0.369 e. The van der Waals surface area contributed by atoms with Gasteiger partial charge < -0.3 is 16.0 Å². The Morgan fingerprint density at radius 3 is 2.41 bits per heavy atom. The van der Waals surface area contributed by atoms with Crippen LogP contribution in [0.25, 0.3) is 0 Å². The predicted octanol–water partition coefficient (Wildman–Crippen LogP) is 3.48. The molecule has 12 heteroatoms. The van der Waals surface area contributed by atoms with Crippen molar-refractivity contribution in [3.05, 3.63) is 66.5 Å². The minimum Gasteiger partial charge on any atom is -0.369 e. The zero-order valence-electron chi connectivity index (χ0n) is 24.6. The second kappa shape index (κ2) is 15.0. The molecular weight excluding hydrogens is 565 g/mol. The van der Waals surface area contributed by atoms with Crippen LogP contribution < -0.4 is 16.0 Å². The second-order valence-electron chi connectivity index (χ2n) is 11.3. The van der Waals surface area contributed by atoms with Crippen LogP contribution in [0.5, 0.6) is 0 Å². The zero-order valence-corrected chi connectivity index (χ0v) is 26.2. The summed E-state index contributed by atoms with van der Waals surface area (Å²) in [5.41, 5.74) is 8.32. The van der Waals surface area contributed by atoms with Gasteiger partial charge in [-0.3, -0.25) is 4.99 Å². The summed E-state index contributed by atoms with van der Waals surface area (Å²) in [4.78, 5) is 7.15. The van der Waals surface area contributed by atoms with Crippen molar-refractivity contribution in [2.45, 2.75) is 51.5 Å². The lowest BCUT2D eigenvalue weighted by Crippen LogP contribution is -2.48. The molecule has 2 heterocycles. The fourth-order valence-corrected chi connectivity index (χ4v) is 6.40. The van der Waals surface area contributed by atoms with E-state index in [4.69, 9.17) is 19.1 Å². The molecule has 1 aromatic rings. The molecule has 0 saturated carbocycles. The lowest BCUT2D eigenvalue weighted by atomic mass is 9.60. The summed E-state index contributed by atoms with van der Waals surface area (Å²) >= 11 is -0.750. The molecule has 1 unspecified atom stereocenters. The number of anilines is 1. The molecule has 41 heavy (non-hydrogen) atoms. The van der Waals surface area contributed by atoms with Crippen LogP contribution in [0, 0.1) is 5.41 Å². The SMILES string of the molecule is C=C/C=C(\C(=C)F)[C@H](CCN)NC1=NCCC(C)(c2cccc(N3CCN(S(C)(=O)=O)CC3)c2)C(C)(C)C1.O=S=O. The number of nitrogens with one attached hydrogen (secondary N) is 1. The van der Waals surface area contributed by atoms with Gasteiger partial charge in [0.05, 0.1) is 18.1 Å². The van der Waals surface area contributed by atoms with Crippen LogP contribution in [0.15, 0.2) is 66.0 Å². The average Bonchev–Trinajstić information content (AvgIpc) is 3.02. The Balaban J connectivity index is 0.00000187. The van der Waals surface area contributed by atoms with Gasteiger partial charge in [-0.05, 0) is 47.9 Å². The summed E-state index contributed by atoms with van der Waals surface area (Å²) in [5.74, 6) is 0.352. The minimum absolute atomic E-state index is 0.161. The number of piperazine rings is 1. The van der Waals surface area contributed by atoms with E-state index < -0.39 is 27.4 Å². The third kappa shape index (κ3) is 8.91. The Bertz CT molecular complexity index is 1280. The van der Waals surface area contributed by atoms with E-state index in [1.54, 1.807) is 16.5 Å². The number of sulfonamides is 1. The number of rotatable bonds is 9. The van der Waals surface area contributed by atoms with Gasteiger partial charge in [0.15, 0.2) is 0 Å². The van der Waals surface area contributed by atoms with Gasteiger partial charge in [0.2, 0.25) is 10.0 Å². The first-order valence-corrected chi connectivity index (χ1v) is 16.1. The van der Waals surface area contributed by atoms with E-state index in [-0.39, 0.29) is 16.9 Å². The monoisotopic (exact) mass is 609 g/mol. The number of aliphatic imine (C=N–C) groups is 1.